The lowest BCUT2D eigenvalue weighted by Crippen LogP contribution is -2.30. The average molecular weight is 317 g/mol. The van der Waals surface area contributed by atoms with E-state index in [2.05, 4.69) is 23.3 Å². The summed E-state index contributed by atoms with van der Waals surface area (Å²) in [7, 11) is 0. The van der Waals surface area contributed by atoms with Gasteiger partial charge in [0.25, 0.3) is 11.8 Å². The molecule has 5 nitrogen and oxygen atoms in total. The number of imide groups is 1. The molecule has 2 amide bonds. The summed E-state index contributed by atoms with van der Waals surface area (Å²) in [6, 6.07) is 8.92. The highest BCUT2D eigenvalue weighted by atomic mass is 16.2. The van der Waals surface area contributed by atoms with Crippen molar-refractivity contribution in [3.63, 3.8) is 0 Å². The number of carbonyl (C=O) groups is 2. The van der Waals surface area contributed by atoms with Crippen molar-refractivity contribution in [1.82, 2.24) is 5.01 Å². The van der Waals surface area contributed by atoms with Crippen molar-refractivity contribution < 1.29 is 9.59 Å². The van der Waals surface area contributed by atoms with E-state index < -0.39 is 0 Å². The minimum atomic E-state index is -0.215. The van der Waals surface area contributed by atoms with Gasteiger partial charge < -0.3 is 0 Å². The molecule has 3 aliphatic carbocycles. The van der Waals surface area contributed by atoms with Crippen LogP contribution in [0.3, 0.4) is 0 Å². The van der Waals surface area contributed by atoms with Crippen molar-refractivity contribution >= 4 is 18.0 Å². The second kappa shape index (κ2) is 4.41. The molecule has 1 aliphatic heterocycles. The highest BCUT2D eigenvalue weighted by Crippen LogP contribution is 2.73. The van der Waals surface area contributed by atoms with Crippen LogP contribution < -0.4 is 0 Å². The van der Waals surface area contributed by atoms with Crippen molar-refractivity contribution in [3.8, 4) is 6.07 Å². The van der Waals surface area contributed by atoms with Gasteiger partial charge in [0.15, 0.2) is 0 Å². The maximum absolute atomic E-state index is 12.7. The lowest BCUT2D eigenvalue weighted by molar-refractivity contribution is -0.141. The van der Waals surface area contributed by atoms with E-state index in [0.29, 0.717) is 5.56 Å². The lowest BCUT2D eigenvalue weighted by Gasteiger charge is -2.18. The van der Waals surface area contributed by atoms with E-state index in [1.54, 1.807) is 24.3 Å². The van der Waals surface area contributed by atoms with E-state index in [-0.39, 0.29) is 40.9 Å². The summed E-state index contributed by atoms with van der Waals surface area (Å²) in [5, 5.41) is 14.0. The Morgan fingerprint density at radius 1 is 1.08 bits per heavy atom. The van der Waals surface area contributed by atoms with Crippen LogP contribution in [0, 0.1) is 40.4 Å². The standard InChI is InChI=1S/C19H15N3O2/c20-9-11-1-3-12(4-2-11)10-21-22-17(23)15-13-5-6-14(16(15)18(22)24)19(13)7-8-19/h1-6,10,13-16H,7-8H2/b21-10-/t13-,14+,15-,16-/m0/s1. The van der Waals surface area contributed by atoms with Crippen LogP contribution >= 0.6 is 0 Å². The molecule has 0 N–H and O–H groups in total. The van der Waals surface area contributed by atoms with Gasteiger partial charge in [-0.1, -0.05) is 24.3 Å². The zero-order valence-electron chi connectivity index (χ0n) is 12.9. The monoisotopic (exact) mass is 317 g/mol. The molecule has 4 aliphatic rings. The molecule has 3 fully saturated rings. The normalized spacial score (nSPS) is 34.4. The molecule has 5 heteroatoms. The van der Waals surface area contributed by atoms with E-state index in [0.717, 1.165) is 23.4 Å². The fraction of sp³-hybridized carbons (Fsp3) is 0.368. The molecule has 2 saturated carbocycles. The first-order chi connectivity index (χ1) is 11.7. The van der Waals surface area contributed by atoms with Crippen LogP contribution in [0.2, 0.25) is 0 Å². The Bertz CT molecular complexity index is 824. The van der Waals surface area contributed by atoms with Crippen molar-refractivity contribution in [2.75, 3.05) is 0 Å². The molecule has 1 heterocycles. The van der Waals surface area contributed by atoms with Crippen molar-refractivity contribution in [1.29, 1.82) is 5.26 Å². The third kappa shape index (κ3) is 1.56. The molecule has 5 rings (SSSR count). The van der Waals surface area contributed by atoms with Gasteiger partial charge in [0.1, 0.15) is 0 Å². The summed E-state index contributed by atoms with van der Waals surface area (Å²) in [5.74, 6) is -0.296. The minimum absolute atomic E-state index is 0.155. The molecule has 1 aromatic rings. The summed E-state index contributed by atoms with van der Waals surface area (Å²) < 4.78 is 0. The minimum Gasteiger partial charge on any atom is -0.272 e. The topological polar surface area (TPSA) is 73.5 Å². The van der Waals surface area contributed by atoms with E-state index >= 15 is 0 Å². The predicted octanol–water partition coefficient (Wildman–Crippen LogP) is 2.09. The highest BCUT2D eigenvalue weighted by molar-refractivity contribution is 6.07. The van der Waals surface area contributed by atoms with Gasteiger partial charge in [0, 0.05) is 0 Å². The second-order valence-electron chi connectivity index (χ2n) is 7.19. The van der Waals surface area contributed by atoms with Crippen molar-refractivity contribution in [3.05, 3.63) is 47.5 Å². The number of allylic oxidation sites excluding steroid dienone is 2. The largest absolute Gasteiger partial charge is 0.272 e. The molecule has 24 heavy (non-hydrogen) atoms. The molecule has 0 unspecified atom stereocenters. The van der Waals surface area contributed by atoms with Crippen LogP contribution in [0.4, 0.5) is 0 Å². The van der Waals surface area contributed by atoms with E-state index in [1.807, 2.05) is 0 Å². The van der Waals surface area contributed by atoms with Gasteiger partial charge in [-0.05, 0) is 47.8 Å². The number of carbonyl (C=O) groups excluding carboxylic acids is 2. The van der Waals surface area contributed by atoms with E-state index in [9.17, 15) is 9.59 Å². The van der Waals surface area contributed by atoms with Crippen LogP contribution in [-0.2, 0) is 9.59 Å². The van der Waals surface area contributed by atoms with Gasteiger partial charge in [0.2, 0.25) is 0 Å². The number of nitriles is 1. The summed E-state index contributed by atoms with van der Waals surface area (Å²) in [6.45, 7) is 0. The Balaban J connectivity index is 1.41. The zero-order chi connectivity index (χ0) is 16.5. The number of rotatable bonds is 2. The quantitative estimate of drug-likeness (QED) is 0.476. The van der Waals surface area contributed by atoms with Gasteiger partial charge in [-0.15, -0.1) is 0 Å². The Kier molecular flexibility index (Phi) is 2.52. The average Bonchev–Trinajstić information content (AvgIpc) is 3.21. The van der Waals surface area contributed by atoms with Gasteiger partial charge in [0.05, 0.1) is 29.7 Å². The molecule has 0 radical (unpaired) electrons. The summed E-state index contributed by atoms with van der Waals surface area (Å²) in [6.07, 6.45) is 8.09. The maximum atomic E-state index is 12.7. The van der Waals surface area contributed by atoms with Gasteiger partial charge in [-0.3, -0.25) is 9.59 Å². The highest BCUT2D eigenvalue weighted by Gasteiger charge is 2.73. The van der Waals surface area contributed by atoms with Crippen LogP contribution in [0.25, 0.3) is 0 Å². The van der Waals surface area contributed by atoms with E-state index in [1.165, 1.54) is 6.21 Å². The fourth-order valence-electron chi connectivity index (χ4n) is 4.94. The van der Waals surface area contributed by atoms with Crippen LogP contribution in [0.15, 0.2) is 41.5 Å². The van der Waals surface area contributed by atoms with Crippen molar-refractivity contribution in [2.45, 2.75) is 12.8 Å². The number of hydrogen-bond donors (Lipinski definition) is 0. The van der Waals surface area contributed by atoms with Gasteiger partial charge in [-0.2, -0.15) is 15.4 Å². The number of hydrogen-bond acceptors (Lipinski definition) is 4. The summed E-state index contributed by atoms with van der Waals surface area (Å²) in [4.78, 5) is 25.5. The van der Waals surface area contributed by atoms with Crippen LogP contribution in [-0.4, -0.2) is 23.0 Å². The number of fused-ring (bicyclic) bond motifs is 3. The van der Waals surface area contributed by atoms with Crippen molar-refractivity contribution in [2.24, 2.45) is 34.2 Å². The molecular weight excluding hydrogens is 302 g/mol. The first kappa shape index (κ1) is 13.7. The Morgan fingerprint density at radius 2 is 1.67 bits per heavy atom. The number of amides is 2. The van der Waals surface area contributed by atoms with E-state index in [4.69, 9.17) is 5.26 Å². The Hall–Kier alpha value is -2.74. The number of nitrogens with zero attached hydrogens (tertiary/aromatic N) is 3. The molecule has 1 aromatic carbocycles. The maximum Gasteiger partial charge on any atom is 0.254 e. The third-order valence-corrected chi connectivity index (χ3v) is 6.19. The summed E-state index contributed by atoms with van der Waals surface area (Å²) in [5.41, 5.74) is 1.53. The molecular formula is C19H15N3O2. The fourth-order valence-corrected chi connectivity index (χ4v) is 4.94. The number of hydrazone groups is 1. The first-order valence-corrected chi connectivity index (χ1v) is 8.26. The zero-order valence-corrected chi connectivity index (χ0v) is 12.9. The molecule has 1 saturated heterocycles. The molecule has 1 spiro atoms. The smallest absolute Gasteiger partial charge is 0.254 e. The summed E-state index contributed by atoms with van der Waals surface area (Å²) >= 11 is 0. The van der Waals surface area contributed by atoms with Gasteiger partial charge >= 0.3 is 0 Å². The molecule has 4 atom stereocenters. The first-order valence-electron chi connectivity index (χ1n) is 8.26. The molecule has 2 bridgehead atoms. The Morgan fingerprint density at radius 3 is 2.17 bits per heavy atom. The Labute approximate surface area is 139 Å². The molecule has 0 aromatic heterocycles. The second-order valence-corrected chi connectivity index (χ2v) is 7.19. The van der Waals surface area contributed by atoms with Crippen LogP contribution in [0.5, 0.6) is 0 Å². The lowest BCUT2D eigenvalue weighted by atomic mass is 9.85. The van der Waals surface area contributed by atoms with Gasteiger partial charge in [-0.25, -0.2) is 0 Å². The van der Waals surface area contributed by atoms with Crippen LogP contribution in [0.1, 0.15) is 24.0 Å². The molecule has 118 valence electrons. The number of benzene rings is 1. The third-order valence-electron chi connectivity index (χ3n) is 6.19. The SMILES string of the molecule is N#Cc1ccc(/C=N\N2C(=O)[C@@H]3[C@@H](C2=O)[C@@H]2C=C[C@H]3C23CC3)cc1. The predicted molar refractivity (Wildman–Crippen MR) is 85.4 cm³/mol.